The second-order valence-electron chi connectivity index (χ2n) is 6.57. The Morgan fingerprint density at radius 1 is 1.25 bits per heavy atom. The number of halogens is 1. The molecule has 24 heavy (non-hydrogen) atoms. The average Bonchev–Trinajstić information content (AvgIpc) is 2.59. The van der Waals surface area contributed by atoms with Crippen LogP contribution in [0.1, 0.15) is 32.3 Å². The van der Waals surface area contributed by atoms with Crippen LogP contribution in [0.15, 0.2) is 24.5 Å². The van der Waals surface area contributed by atoms with E-state index in [1.807, 2.05) is 13.8 Å². The third-order valence-electron chi connectivity index (χ3n) is 4.11. The molecule has 0 saturated carbocycles. The van der Waals surface area contributed by atoms with Gasteiger partial charge < -0.3 is 15.5 Å². The number of rotatable bonds is 5. The second kappa shape index (κ2) is 8.08. The summed E-state index contributed by atoms with van der Waals surface area (Å²) in [4.78, 5) is 29.6. The topological polar surface area (TPSA) is 74.3 Å². The minimum Gasteiger partial charge on any atom is -0.349 e. The number of likely N-dealkylation sites (tertiary alicyclic amines) is 1. The summed E-state index contributed by atoms with van der Waals surface area (Å²) in [6, 6.07) is 3.35. The number of carbonyl (C=O) groups excluding carboxylic acids is 2. The summed E-state index contributed by atoms with van der Waals surface area (Å²) in [5, 5.41) is 5.45. The van der Waals surface area contributed by atoms with Gasteiger partial charge in [0.1, 0.15) is 0 Å². The Hall–Kier alpha value is -2.18. The molecule has 0 spiro atoms. The van der Waals surface area contributed by atoms with Crippen LogP contribution in [0.4, 0.5) is 9.18 Å². The van der Waals surface area contributed by atoms with Crippen molar-refractivity contribution in [3.8, 4) is 0 Å². The van der Waals surface area contributed by atoms with Crippen molar-refractivity contribution in [3.63, 3.8) is 0 Å². The van der Waals surface area contributed by atoms with Crippen molar-refractivity contribution in [2.24, 2.45) is 5.92 Å². The maximum atomic E-state index is 14.8. The molecule has 2 N–H and O–H groups in total. The number of nitrogens with zero attached hydrogens (tertiary/aromatic N) is 2. The number of pyridine rings is 1. The van der Waals surface area contributed by atoms with Crippen molar-refractivity contribution >= 4 is 11.9 Å². The van der Waals surface area contributed by atoms with E-state index >= 15 is 0 Å². The first-order valence-electron chi connectivity index (χ1n) is 8.29. The molecule has 0 atom stereocenters. The highest BCUT2D eigenvalue weighted by Gasteiger charge is 2.42. The number of alkyl halides is 1. The molecule has 2 rings (SSSR count). The number of hydrogen-bond donors (Lipinski definition) is 2. The number of hydrogen-bond acceptors (Lipinski definition) is 3. The lowest BCUT2D eigenvalue weighted by Gasteiger charge is -2.35. The van der Waals surface area contributed by atoms with Crippen LogP contribution in [0, 0.1) is 5.92 Å². The Morgan fingerprint density at radius 3 is 2.46 bits per heavy atom. The van der Waals surface area contributed by atoms with E-state index < -0.39 is 11.6 Å². The number of carbonyl (C=O) groups is 2. The van der Waals surface area contributed by atoms with Gasteiger partial charge in [-0.2, -0.15) is 0 Å². The van der Waals surface area contributed by atoms with Gasteiger partial charge in [0.05, 0.1) is 0 Å². The molecule has 1 aliphatic heterocycles. The van der Waals surface area contributed by atoms with Crippen LogP contribution in [0.5, 0.6) is 0 Å². The van der Waals surface area contributed by atoms with E-state index in [2.05, 4.69) is 15.6 Å². The first-order valence-corrected chi connectivity index (χ1v) is 8.29. The first kappa shape index (κ1) is 18.2. The minimum absolute atomic E-state index is 0.0181. The lowest BCUT2D eigenvalue weighted by atomic mass is 9.92. The fourth-order valence-corrected chi connectivity index (χ4v) is 2.54. The van der Waals surface area contributed by atoms with E-state index in [9.17, 15) is 14.0 Å². The van der Waals surface area contributed by atoms with Crippen molar-refractivity contribution in [1.29, 1.82) is 0 Å². The Kier molecular flexibility index (Phi) is 6.11. The van der Waals surface area contributed by atoms with Crippen LogP contribution in [0.3, 0.4) is 0 Å². The van der Waals surface area contributed by atoms with E-state index in [0.29, 0.717) is 12.5 Å². The molecule has 132 valence electrons. The Morgan fingerprint density at radius 2 is 1.88 bits per heavy atom. The zero-order chi connectivity index (χ0) is 17.6. The van der Waals surface area contributed by atoms with Gasteiger partial charge in [0.25, 0.3) is 5.91 Å². The maximum Gasteiger partial charge on any atom is 0.317 e. The van der Waals surface area contributed by atoms with Gasteiger partial charge in [-0.3, -0.25) is 9.78 Å². The van der Waals surface area contributed by atoms with E-state index in [4.69, 9.17) is 0 Å². The van der Waals surface area contributed by atoms with Gasteiger partial charge in [-0.1, -0.05) is 13.8 Å². The van der Waals surface area contributed by atoms with Gasteiger partial charge >= 0.3 is 6.03 Å². The number of amides is 3. The van der Waals surface area contributed by atoms with Gasteiger partial charge in [0.15, 0.2) is 5.67 Å². The van der Waals surface area contributed by atoms with Crippen molar-refractivity contribution in [2.45, 2.75) is 38.9 Å². The molecule has 1 aliphatic rings. The Balaban J connectivity index is 1.80. The van der Waals surface area contributed by atoms with Crippen LogP contribution in [0.2, 0.25) is 0 Å². The molecule has 0 unspecified atom stereocenters. The van der Waals surface area contributed by atoms with Gasteiger partial charge in [-0.25, -0.2) is 9.18 Å². The van der Waals surface area contributed by atoms with E-state index in [1.165, 1.54) is 0 Å². The molecule has 1 fully saturated rings. The van der Waals surface area contributed by atoms with Crippen molar-refractivity contribution in [2.75, 3.05) is 19.6 Å². The van der Waals surface area contributed by atoms with Crippen LogP contribution < -0.4 is 10.6 Å². The minimum atomic E-state index is -1.91. The number of piperidine rings is 1. The molecule has 7 heteroatoms. The maximum absolute atomic E-state index is 14.8. The van der Waals surface area contributed by atoms with E-state index in [0.717, 1.165) is 5.56 Å². The molecular weight excluding hydrogens is 311 g/mol. The number of nitrogens with one attached hydrogen (secondary N) is 2. The summed E-state index contributed by atoms with van der Waals surface area (Å²) >= 11 is 0. The molecule has 2 heterocycles. The molecule has 3 amide bonds. The predicted molar refractivity (Wildman–Crippen MR) is 89.0 cm³/mol. The highest BCUT2D eigenvalue weighted by atomic mass is 19.1. The predicted octanol–water partition coefficient (Wildman–Crippen LogP) is 1.87. The molecule has 0 aromatic carbocycles. The number of urea groups is 1. The van der Waals surface area contributed by atoms with E-state index in [1.54, 1.807) is 29.4 Å². The molecule has 0 bridgehead atoms. The highest BCUT2D eigenvalue weighted by molar-refractivity contribution is 5.85. The SMILES string of the molecule is CC(C)CNC(=O)N1CCC(F)(C(=O)NCc2ccncc2)CC1. The van der Waals surface area contributed by atoms with Crippen molar-refractivity contribution in [1.82, 2.24) is 20.5 Å². The summed E-state index contributed by atoms with van der Waals surface area (Å²) in [5.74, 6) is -0.250. The molecular formula is C17H25FN4O2. The monoisotopic (exact) mass is 336 g/mol. The lowest BCUT2D eigenvalue weighted by molar-refractivity contribution is -0.135. The number of aromatic nitrogens is 1. The highest BCUT2D eigenvalue weighted by Crippen LogP contribution is 2.27. The fraction of sp³-hybridized carbons (Fsp3) is 0.588. The first-order chi connectivity index (χ1) is 11.4. The van der Waals surface area contributed by atoms with Gasteiger partial charge in [-0.15, -0.1) is 0 Å². The zero-order valence-electron chi connectivity index (χ0n) is 14.2. The fourth-order valence-electron chi connectivity index (χ4n) is 2.54. The third kappa shape index (κ3) is 4.91. The Labute approximate surface area is 141 Å². The normalized spacial score (nSPS) is 16.8. The summed E-state index contributed by atoms with van der Waals surface area (Å²) < 4.78 is 14.8. The van der Waals surface area contributed by atoms with Crippen molar-refractivity contribution < 1.29 is 14.0 Å². The molecule has 0 aliphatic carbocycles. The molecule has 6 nitrogen and oxygen atoms in total. The smallest absolute Gasteiger partial charge is 0.317 e. The van der Waals surface area contributed by atoms with Crippen LogP contribution >= 0.6 is 0 Å². The third-order valence-corrected chi connectivity index (χ3v) is 4.11. The second-order valence-corrected chi connectivity index (χ2v) is 6.57. The summed E-state index contributed by atoms with van der Waals surface area (Å²) in [5.41, 5.74) is -1.05. The standard InChI is InChI=1S/C17H25FN4O2/c1-13(2)11-21-16(24)22-9-5-17(18,6-10-22)15(23)20-12-14-3-7-19-8-4-14/h3-4,7-8,13H,5-6,9-12H2,1-2H3,(H,20,23)(H,21,24). The molecule has 1 aromatic heterocycles. The van der Waals surface area contributed by atoms with E-state index in [-0.39, 0.29) is 38.5 Å². The van der Waals surface area contributed by atoms with Gasteiger partial charge in [0.2, 0.25) is 0 Å². The molecule has 1 aromatic rings. The van der Waals surface area contributed by atoms with Gasteiger partial charge in [0, 0.05) is 51.4 Å². The zero-order valence-corrected chi connectivity index (χ0v) is 14.2. The molecule has 0 radical (unpaired) electrons. The Bertz CT molecular complexity index is 557. The molecule has 1 saturated heterocycles. The average molecular weight is 336 g/mol. The van der Waals surface area contributed by atoms with Crippen LogP contribution in [-0.4, -0.2) is 47.1 Å². The van der Waals surface area contributed by atoms with Crippen LogP contribution in [0.25, 0.3) is 0 Å². The summed E-state index contributed by atoms with van der Waals surface area (Å²) in [7, 11) is 0. The lowest BCUT2D eigenvalue weighted by Crippen LogP contribution is -2.54. The summed E-state index contributed by atoms with van der Waals surface area (Å²) in [6.45, 7) is 5.35. The van der Waals surface area contributed by atoms with Crippen LogP contribution in [-0.2, 0) is 11.3 Å². The largest absolute Gasteiger partial charge is 0.349 e. The van der Waals surface area contributed by atoms with Crippen molar-refractivity contribution in [3.05, 3.63) is 30.1 Å². The van der Waals surface area contributed by atoms with Gasteiger partial charge in [-0.05, 0) is 23.6 Å². The quantitative estimate of drug-likeness (QED) is 0.862. The summed E-state index contributed by atoms with van der Waals surface area (Å²) in [6.07, 6.45) is 3.29.